The maximum absolute atomic E-state index is 13.9. The number of benzene rings is 3. The fourth-order valence-corrected chi connectivity index (χ4v) is 5.51. The van der Waals surface area contributed by atoms with Crippen LogP contribution in [-0.4, -0.2) is 50.4 Å². The first-order valence-electron chi connectivity index (χ1n) is 12.7. The van der Waals surface area contributed by atoms with Gasteiger partial charge in [-0.25, -0.2) is 8.42 Å². The minimum Gasteiger partial charge on any atom is -0.492 e. The van der Waals surface area contributed by atoms with Crippen molar-refractivity contribution in [3.8, 4) is 5.75 Å². The van der Waals surface area contributed by atoms with E-state index >= 15 is 0 Å². The van der Waals surface area contributed by atoms with Crippen molar-refractivity contribution in [3.05, 3.63) is 89.4 Å². The van der Waals surface area contributed by atoms with Crippen LogP contribution >= 0.6 is 11.6 Å². The highest BCUT2D eigenvalue weighted by Gasteiger charge is 2.33. The number of carbonyl (C=O) groups excluding carboxylic acids is 2. The third-order valence-corrected chi connectivity index (χ3v) is 7.93. The zero-order valence-electron chi connectivity index (χ0n) is 22.5. The molecule has 0 fully saturated rings. The van der Waals surface area contributed by atoms with E-state index in [1.165, 1.54) is 29.2 Å². The predicted molar refractivity (Wildman–Crippen MR) is 153 cm³/mol. The second-order valence-corrected chi connectivity index (χ2v) is 11.5. The molecule has 0 unspecified atom stereocenters. The van der Waals surface area contributed by atoms with Crippen LogP contribution in [0.3, 0.4) is 0 Å². The fourth-order valence-electron chi connectivity index (χ4n) is 3.96. The number of sulfonamides is 1. The van der Waals surface area contributed by atoms with Crippen molar-refractivity contribution in [2.45, 2.75) is 51.2 Å². The van der Waals surface area contributed by atoms with Crippen molar-refractivity contribution >= 4 is 39.1 Å². The molecule has 3 rings (SSSR count). The second kappa shape index (κ2) is 13.5. The molecule has 0 aliphatic carbocycles. The van der Waals surface area contributed by atoms with Gasteiger partial charge in [-0.15, -0.1) is 0 Å². The summed E-state index contributed by atoms with van der Waals surface area (Å²) < 4.78 is 34.6. The molecule has 0 heterocycles. The minimum atomic E-state index is -4.23. The summed E-state index contributed by atoms with van der Waals surface area (Å²) in [4.78, 5) is 28.3. The lowest BCUT2D eigenvalue weighted by atomic mass is 10.1. The summed E-state index contributed by atoms with van der Waals surface area (Å²) in [6, 6.07) is 20.6. The normalized spacial score (nSPS) is 12.1. The van der Waals surface area contributed by atoms with E-state index < -0.39 is 28.5 Å². The Morgan fingerprint density at radius 2 is 1.54 bits per heavy atom. The van der Waals surface area contributed by atoms with E-state index in [0.29, 0.717) is 17.4 Å². The van der Waals surface area contributed by atoms with Gasteiger partial charge in [0, 0.05) is 17.6 Å². The van der Waals surface area contributed by atoms with E-state index in [1.54, 1.807) is 38.1 Å². The van der Waals surface area contributed by atoms with Gasteiger partial charge in [-0.3, -0.25) is 13.9 Å². The van der Waals surface area contributed by atoms with Crippen molar-refractivity contribution in [1.82, 2.24) is 10.2 Å². The number of amides is 2. The van der Waals surface area contributed by atoms with Gasteiger partial charge in [0.25, 0.3) is 10.0 Å². The molecular weight excluding hydrogens is 538 g/mol. The molecular formula is C29H34ClN3O5S. The van der Waals surface area contributed by atoms with Crippen LogP contribution in [0.4, 0.5) is 5.69 Å². The third kappa shape index (κ3) is 7.74. The van der Waals surface area contributed by atoms with Crippen LogP contribution in [0.25, 0.3) is 0 Å². The zero-order chi connectivity index (χ0) is 28.6. The lowest BCUT2D eigenvalue weighted by Gasteiger charge is -2.32. The number of ether oxygens (including phenoxy) is 1. The van der Waals surface area contributed by atoms with Crippen LogP contribution in [0, 0.1) is 0 Å². The van der Waals surface area contributed by atoms with Crippen LogP contribution in [0.15, 0.2) is 83.8 Å². The van der Waals surface area contributed by atoms with Gasteiger partial charge < -0.3 is 15.0 Å². The number of hydrogen-bond acceptors (Lipinski definition) is 5. The number of anilines is 1. The van der Waals surface area contributed by atoms with Crippen molar-refractivity contribution in [2.75, 3.05) is 17.5 Å². The molecule has 1 atom stereocenters. The SMILES string of the molecule is CCOc1ccccc1N(CC(=O)N(Cc1ccccc1)[C@@H](C)C(=O)NC(C)C)S(=O)(=O)c1ccc(Cl)cc1. The first kappa shape index (κ1) is 30.0. The summed E-state index contributed by atoms with van der Waals surface area (Å²) in [7, 11) is -4.23. The fraction of sp³-hybridized carbons (Fsp3) is 0.310. The minimum absolute atomic E-state index is 0.0359. The largest absolute Gasteiger partial charge is 0.492 e. The highest BCUT2D eigenvalue weighted by molar-refractivity contribution is 7.92. The van der Waals surface area contributed by atoms with Gasteiger partial charge in [0.15, 0.2) is 0 Å². The van der Waals surface area contributed by atoms with Crippen molar-refractivity contribution < 1.29 is 22.7 Å². The van der Waals surface area contributed by atoms with Crippen LogP contribution < -0.4 is 14.4 Å². The summed E-state index contributed by atoms with van der Waals surface area (Å²) in [6.45, 7) is 6.95. The molecule has 3 aromatic carbocycles. The Bertz CT molecular complexity index is 1370. The van der Waals surface area contributed by atoms with Gasteiger partial charge >= 0.3 is 0 Å². The lowest BCUT2D eigenvalue weighted by Crippen LogP contribution is -2.52. The maximum atomic E-state index is 13.9. The monoisotopic (exact) mass is 571 g/mol. The molecule has 8 nitrogen and oxygen atoms in total. The standard InChI is InChI=1S/C29H34ClN3O5S/c1-5-38-27-14-10-9-13-26(27)33(39(36,37)25-17-15-24(30)16-18-25)20-28(34)32(19-23-11-7-6-8-12-23)22(4)29(35)31-21(2)3/h6-18,21-22H,5,19-20H2,1-4H3,(H,31,35)/t22-/m0/s1. The topological polar surface area (TPSA) is 96.0 Å². The molecule has 2 amide bonds. The predicted octanol–water partition coefficient (Wildman–Crippen LogP) is 4.88. The van der Waals surface area contributed by atoms with Crippen molar-refractivity contribution in [3.63, 3.8) is 0 Å². The third-order valence-electron chi connectivity index (χ3n) is 5.91. The number of halogens is 1. The van der Waals surface area contributed by atoms with Crippen molar-refractivity contribution in [1.29, 1.82) is 0 Å². The van der Waals surface area contributed by atoms with Gasteiger partial charge in [-0.2, -0.15) is 0 Å². The van der Waals surface area contributed by atoms with Gasteiger partial charge in [0.05, 0.1) is 17.2 Å². The maximum Gasteiger partial charge on any atom is 0.264 e. The van der Waals surface area contributed by atoms with E-state index in [0.717, 1.165) is 9.87 Å². The average Bonchev–Trinajstić information content (AvgIpc) is 2.91. The van der Waals surface area contributed by atoms with E-state index in [2.05, 4.69) is 5.32 Å². The Morgan fingerprint density at radius 1 is 0.923 bits per heavy atom. The number of hydrogen-bond donors (Lipinski definition) is 1. The van der Waals surface area contributed by atoms with E-state index in [-0.39, 0.29) is 29.1 Å². The molecule has 0 saturated carbocycles. The lowest BCUT2D eigenvalue weighted by molar-refractivity contribution is -0.139. The summed E-state index contributed by atoms with van der Waals surface area (Å²) in [5, 5.41) is 3.22. The molecule has 0 radical (unpaired) electrons. The first-order valence-corrected chi connectivity index (χ1v) is 14.5. The highest BCUT2D eigenvalue weighted by atomic mass is 35.5. The van der Waals surface area contributed by atoms with Crippen LogP contribution in [0.2, 0.25) is 5.02 Å². The van der Waals surface area contributed by atoms with E-state index in [1.807, 2.05) is 44.2 Å². The van der Waals surface area contributed by atoms with Crippen LogP contribution in [0.1, 0.15) is 33.3 Å². The number of carbonyl (C=O) groups is 2. The quantitative estimate of drug-likeness (QED) is 0.334. The van der Waals surface area contributed by atoms with Crippen molar-refractivity contribution in [2.24, 2.45) is 0 Å². The first-order chi connectivity index (χ1) is 18.5. The van der Waals surface area contributed by atoms with Gasteiger partial charge in [-0.1, -0.05) is 54.1 Å². The van der Waals surface area contributed by atoms with E-state index in [9.17, 15) is 18.0 Å². The molecule has 3 aromatic rings. The Labute approximate surface area is 235 Å². The highest BCUT2D eigenvalue weighted by Crippen LogP contribution is 2.33. The molecule has 0 spiro atoms. The number of nitrogens with one attached hydrogen (secondary N) is 1. The van der Waals surface area contributed by atoms with Crippen LogP contribution in [0.5, 0.6) is 5.75 Å². The summed E-state index contributed by atoms with van der Waals surface area (Å²) in [6.07, 6.45) is 0. The van der Waals surface area contributed by atoms with Gasteiger partial charge in [0.2, 0.25) is 11.8 Å². The average molecular weight is 572 g/mol. The molecule has 208 valence electrons. The molecule has 0 saturated heterocycles. The Morgan fingerprint density at radius 3 is 2.15 bits per heavy atom. The summed E-state index contributed by atoms with van der Waals surface area (Å²) in [5.41, 5.74) is 1.01. The molecule has 0 bridgehead atoms. The molecule has 0 aromatic heterocycles. The smallest absolute Gasteiger partial charge is 0.264 e. The van der Waals surface area contributed by atoms with E-state index in [4.69, 9.17) is 16.3 Å². The van der Waals surface area contributed by atoms with Gasteiger partial charge in [-0.05, 0) is 69.7 Å². The summed E-state index contributed by atoms with van der Waals surface area (Å²) in [5.74, 6) is -0.573. The molecule has 39 heavy (non-hydrogen) atoms. The Balaban J connectivity index is 2.07. The molecule has 10 heteroatoms. The van der Waals surface area contributed by atoms with Crippen LogP contribution in [-0.2, 0) is 26.2 Å². The molecule has 0 aliphatic heterocycles. The number of rotatable bonds is 12. The second-order valence-electron chi connectivity index (χ2n) is 9.21. The number of para-hydroxylation sites is 2. The molecule has 1 N–H and O–H groups in total. The Kier molecular flexibility index (Phi) is 10.4. The zero-order valence-corrected chi connectivity index (χ0v) is 24.1. The summed E-state index contributed by atoms with van der Waals surface area (Å²) >= 11 is 6.00. The number of nitrogens with zero attached hydrogens (tertiary/aromatic N) is 2. The Hall–Kier alpha value is -3.56. The molecule has 0 aliphatic rings. The van der Waals surface area contributed by atoms with Gasteiger partial charge in [0.1, 0.15) is 18.3 Å².